The second kappa shape index (κ2) is 7.58. The highest BCUT2D eigenvalue weighted by Gasteiger charge is 2.10. The first-order valence-electron chi connectivity index (χ1n) is 6.56. The van der Waals surface area contributed by atoms with Gasteiger partial charge in [0.25, 0.3) is 0 Å². The molecule has 0 radical (unpaired) electrons. The van der Waals surface area contributed by atoms with E-state index in [9.17, 15) is 0 Å². The monoisotopic (exact) mass is 285 g/mol. The van der Waals surface area contributed by atoms with Gasteiger partial charge in [0.1, 0.15) is 0 Å². The minimum absolute atomic E-state index is 0.650. The molecule has 5 heteroatoms. The van der Waals surface area contributed by atoms with E-state index < -0.39 is 0 Å². The summed E-state index contributed by atoms with van der Waals surface area (Å²) in [5.41, 5.74) is 0. The van der Waals surface area contributed by atoms with Gasteiger partial charge < -0.3 is 14.2 Å². The van der Waals surface area contributed by atoms with E-state index in [-0.39, 0.29) is 0 Å². The molecule has 0 saturated carbocycles. The predicted octanol–water partition coefficient (Wildman–Crippen LogP) is 2.45. The lowest BCUT2D eigenvalue weighted by molar-refractivity contribution is 0.0357. The van der Waals surface area contributed by atoms with Gasteiger partial charge >= 0.3 is 0 Å². The zero-order valence-electron chi connectivity index (χ0n) is 11.2. The highest BCUT2D eigenvalue weighted by molar-refractivity contribution is 6.30. The Labute approximate surface area is 119 Å². The molecule has 1 saturated heterocycles. The molecular formula is C14H20ClNO3. The van der Waals surface area contributed by atoms with Crippen LogP contribution in [0.1, 0.15) is 6.42 Å². The van der Waals surface area contributed by atoms with E-state index in [4.69, 9.17) is 25.8 Å². The molecule has 0 unspecified atom stereocenters. The molecule has 1 aliphatic rings. The van der Waals surface area contributed by atoms with Gasteiger partial charge in [-0.05, 0) is 18.6 Å². The van der Waals surface area contributed by atoms with Crippen LogP contribution in [-0.2, 0) is 4.74 Å². The standard InChI is InChI=1S/C14H20ClNO3/c1-17-14-11-12(15)3-4-13(14)19-8-2-5-16-6-9-18-10-7-16/h3-4,11H,2,5-10H2,1H3. The number of benzene rings is 1. The maximum atomic E-state index is 5.90. The van der Waals surface area contributed by atoms with Crippen LogP contribution in [0.15, 0.2) is 18.2 Å². The topological polar surface area (TPSA) is 30.9 Å². The van der Waals surface area contributed by atoms with Gasteiger partial charge in [0.15, 0.2) is 11.5 Å². The maximum absolute atomic E-state index is 5.90. The Bertz CT molecular complexity index is 394. The van der Waals surface area contributed by atoms with E-state index in [0.717, 1.165) is 45.0 Å². The van der Waals surface area contributed by atoms with Gasteiger partial charge in [-0.2, -0.15) is 0 Å². The van der Waals surface area contributed by atoms with Crippen molar-refractivity contribution >= 4 is 11.6 Å². The number of hydrogen-bond acceptors (Lipinski definition) is 4. The molecule has 0 aromatic heterocycles. The van der Waals surface area contributed by atoms with Crippen LogP contribution in [0.25, 0.3) is 0 Å². The van der Waals surface area contributed by atoms with Gasteiger partial charge in [0, 0.05) is 30.7 Å². The fourth-order valence-electron chi connectivity index (χ4n) is 2.06. The predicted molar refractivity (Wildman–Crippen MR) is 75.4 cm³/mol. The van der Waals surface area contributed by atoms with Gasteiger partial charge in [-0.3, -0.25) is 4.90 Å². The first-order valence-corrected chi connectivity index (χ1v) is 6.94. The van der Waals surface area contributed by atoms with Crippen molar-refractivity contribution in [3.05, 3.63) is 23.2 Å². The van der Waals surface area contributed by atoms with Crippen molar-refractivity contribution in [2.24, 2.45) is 0 Å². The Morgan fingerprint density at radius 2 is 2.05 bits per heavy atom. The van der Waals surface area contributed by atoms with Crippen LogP contribution in [0, 0.1) is 0 Å². The molecule has 0 amide bonds. The molecule has 4 nitrogen and oxygen atoms in total. The molecule has 106 valence electrons. The number of halogens is 1. The maximum Gasteiger partial charge on any atom is 0.162 e. The van der Waals surface area contributed by atoms with Crippen LogP contribution in [-0.4, -0.2) is 51.5 Å². The number of methoxy groups -OCH3 is 1. The quantitative estimate of drug-likeness (QED) is 0.751. The third kappa shape index (κ3) is 4.56. The first kappa shape index (κ1) is 14.4. The summed E-state index contributed by atoms with van der Waals surface area (Å²) in [6, 6.07) is 5.41. The highest BCUT2D eigenvalue weighted by atomic mass is 35.5. The second-order valence-electron chi connectivity index (χ2n) is 4.45. The van der Waals surface area contributed by atoms with Crippen molar-refractivity contribution < 1.29 is 14.2 Å². The zero-order chi connectivity index (χ0) is 13.5. The molecular weight excluding hydrogens is 266 g/mol. The number of ether oxygens (including phenoxy) is 3. The highest BCUT2D eigenvalue weighted by Crippen LogP contribution is 2.29. The fraction of sp³-hybridized carbons (Fsp3) is 0.571. The van der Waals surface area contributed by atoms with Crippen molar-refractivity contribution in [1.29, 1.82) is 0 Å². The molecule has 0 N–H and O–H groups in total. The number of morpholine rings is 1. The summed E-state index contributed by atoms with van der Waals surface area (Å²) in [7, 11) is 1.62. The molecule has 1 heterocycles. The Morgan fingerprint density at radius 1 is 1.26 bits per heavy atom. The van der Waals surface area contributed by atoms with E-state index in [1.807, 2.05) is 6.07 Å². The Hall–Kier alpha value is -0.970. The van der Waals surface area contributed by atoms with Crippen molar-refractivity contribution in [1.82, 2.24) is 4.90 Å². The molecule has 1 aliphatic heterocycles. The lowest BCUT2D eigenvalue weighted by Gasteiger charge is -2.26. The SMILES string of the molecule is COc1cc(Cl)ccc1OCCCN1CCOCC1. The summed E-state index contributed by atoms with van der Waals surface area (Å²) in [6.45, 7) is 5.43. The summed E-state index contributed by atoms with van der Waals surface area (Å²) in [5.74, 6) is 1.42. The summed E-state index contributed by atoms with van der Waals surface area (Å²) in [4.78, 5) is 2.39. The minimum Gasteiger partial charge on any atom is -0.493 e. The van der Waals surface area contributed by atoms with E-state index in [1.165, 1.54) is 0 Å². The molecule has 19 heavy (non-hydrogen) atoms. The van der Waals surface area contributed by atoms with E-state index in [0.29, 0.717) is 17.4 Å². The number of rotatable bonds is 6. The average molecular weight is 286 g/mol. The second-order valence-corrected chi connectivity index (χ2v) is 4.89. The Morgan fingerprint density at radius 3 is 2.79 bits per heavy atom. The molecule has 0 atom stereocenters. The average Bonchev–Trinajstić information content (AvgIpc) is 2.46. The molecule has 1 aromatic rings. The van der Waals surface area contributed by atoms with Crippen molar-refractivity contribution in [2.45, 2.75) is 6.42 Å². The van der Waals surface area contributed by atoms with Gasteiger partial charge in [0.2, 0.25) is 0 Å². The summed E-state index contributed by atoms with van der Waals surface area (Å²) < 4.78 is 16.3. The minimum atomic E-state index is 0.650. The molecule has 0 bridgehead atoms. The molecule has 0 spiro atoms. The van der Waals surface area contributed by atoms with E-state index in [2.05, 4.69) is 4.90 Å². The molecule has 2 rings (SSSR count). The Kier molecular flexibility index (Phi) is 5.76. The smallest absolute Gasteiger partial charge is 0.162 e. The largest absolute Gasteiger partial charge is 0.493 e. The third-order valence-electron chi connectivity index (χ3n) is 3.11. The lowest BCUT2D eigenvalue weighted by atomic mass is 10.3. The van der Waals surface area contributed by atoms with Crippen LogP contribution in [0.2, 0.25) is 5.02 Å². The van der Waals surface area contributed by atoms with Crippen LogP contribution in [0.5, 0.6) is 11.5 Å². The van der Waals surface area contributed by atoms with Crippen molar-refractivity contribution in [3.8, 4) is 11.5 Å². The summed E-state index contributed by atoms with van der Waals surface area (Å²) in [6.07, 6.45) is 0.992. The van der Waals surface area contributed by atoms with Crippen LogP contribution in [0.4, 0.5) is 0 Å². The number of nitrogens with zero attached hydrogens (tertiary/aromatic N) is 1. The van der Waals surface area contributed by atoms with Crippen LogP contribution >= 0.6 is 11.6 Å². The summed E-state index contributed by atoms with van der Waals surface area (Å²) in [5, 5.41) is 0.650. The lowest BCUT2D eigenvalue weighted by Crippen LogP contribution is -2.37. The normalized spacial score (nSPS) is 16.3. The van der Waals surface area contributed by atoms with E-state index in [1.54, 1.807) is 19.2 Å². The van der Waals surface area contributed by atoms with Crippen molar-refractivity contribution in [2.75, 3.05) is 46.6 Å². The fourth-order valence-corrected chi connectivity index (χ4v) is 2.22. The van der Waals surface area contributed by atoms with Crippen molar-refractivity contribution in [3.63, 3.8) is 0 Å². The van der Waals surface area contributed by atoms with Gasteiger partial charge in [-0.25, -0.2) is 0 Å². The van der Waals surface area contributed by atoms with Crippen LogP contribution in [0.3, 0.4) is 0 Å². The van der Waals surface area contributed by atoms with Gasteiger partial charge in [-0.1, -0.05) is 11.6 Å². The third-order valence-corrected chi connectivity index (χ3v) is 3.34. The van der Waals surface area contributed by atoms with Crippen LogP contribution < -0.4 is 9.47 Å². The zero-order valence-corrected chi connectivity index (χ0v) is 12.0. The Balaban J connectivity index is 1.73. The van der Waals surface area contributed by atoms with Gasteiger partial charge in [-0.15, -0.1) is 0 Å². The molecule has 1 aromatic carbocycles. The molecule has 1 fully saturated rings. The molecule has 0 aliphatic carbocycles. The summed E-state index contributed by atoms with van der Waals surface area (Å²) >= 11 is 5.90. The van der Waals surface area contributed by atoms with E-state index >= 15 is 0 Å². The number of hydrogen-bond donors (Lipinski definition) is 0. The van der Waals surface area contributed by atoms with Gasteiger partial charge in [0.05, 0.1) is 26.9 Å². The first-order chi connectivity index (χ1) is 9.29.